The van der Waals surface area contributed by atoms with Gasteiger partial charge in [-0.05, 0) is 24.6 Å². The van der Waals surface area contributed by atoms with Gasteiger partial charge in [-0.25, -0.2) is 0 Å². The smallest absolute Gasteiger partial charge is 0.0761 e. The molecule has 17 heavy (non-hydrogen) atoms. The van der Waals surface area contributed by atoms with Crippen molar-refractivity contribution in [1.29, 1.82) is 0 Å². The van der Waals surface area contributed by atoms with Crippen molar-refractivity contribution < 1.29 is 5.11 Å². The number of nitrogens with zero attached hydrogens (tertiary/aromatic N) is 1. The number of benzene rings is 1. The molecule has 2 nitrogen and oxygen atoms in total. The van der Waals surface area contributed by atoms with Crippen LogP contribution in [-0.2, 0) is 0 Å². The summed E-state index contributed by atoms with van der Waals surface area (Å²) in [5.41, 5.74) is 2.26. The van der Waals surface area contributed by atoms with Gasteiger partial charge in [-0.3, -0.25) is 0 Å². The Bertz CT molecular complexity index is 353. The van der Waals surface area contributed by atoms with Crippen molar-refractivity contribution in [2.45, 2.75) is 37.4 Å². The monoisotopic (exact) mass is 251 g/mol. The van der Waals surface area contributed by atoms with Gasteiger partial charge in [-0.2, -0.15) is 11.8 Å². The molecular weight excluding hydrogens is 230 g/mol. The van der Waals surface area contributed by atoms with Crippen molar-refractivity contribution in [1.82, 2.24) is 0 Å². The van der Waals surface area contributed by atoms with E-state index in [1.165, 1.54) is 5.69 Å². The summed E-state index contributed by atoms with van der Waals surface area (Å²) in [4.78, 5) is 2.44. The molecule has 0 aromatic heterocycles. The van der Waals surface area contributed by atoms with Crippen LogP contribution in [0.25, 0.3) is 0 Å². The lowest BCUT2D eigenvalue weighted by atomic mass is 10.1. The van der Waals surface area contributed by atoms with Crippen LogP contribution in [0.3, 0.4) is 0 Å². The number of aliphatic hydroxyl groups excluding tert-OH is 1. The van der Waals surface area contributed by atoms with Gasteiger partial charge < -0.3 is 10.0 Å². The zero-order valence-corrected chi connectivity index (χ0v) is 11.6. The second-order valence-electron chi connectivity index (χ2n) is 4.93. The summed E-state index contributed by atoms with van der Waals surface area (Å²) in [6.07, 6.45) is -0.376. The topological polar surface area (TPSA) is 23.5 Å². The molecule has 0 spiro atoms. The third kappa shape index (κ3) is 3.17. The molecule has 0 saturated carbocycles. The molecule has 94 valence electrons. The lowest BCUT2D eigenvalue weighted by Gasteiger charge is -2.36. The van der Waals surface area contributed by atoms with Crippen LogP contribution in [0.15, 0.2) is 24.3 Å². The van der Waals surface area contributed by atoms with Crippen molar-refractivity contribution >= 4 is 17.4 Å². The van der Waals surface area contributed by atoms with Gasteiger partial charge >= 0.3 is 0 Å². The highest BCUT2D eigenvalue weighted by Gasteiger charge is 2.22. The van der Waals surface area contributed by atoms with E-state index in [-0.39, 0.29) is 6.10 Å². The highest BCUT2D eigenvalue weighted by Crippen LogP contribution is 2.29. The summed E-state index contributed by atoms with van der Waals surface area (Å²) in [6.45, 7) is 8.61. The Balaban J connectivity index is 2.11. The predicted octanol–water partition coefficient (Wildman–Crippen LogP) is 3.07. The maximum absolute atomic E-state index is 9.49. The van der Waals surface area contributed by atoms with E-state index in [1.54, 1.807) is 6.92 Å². The van der Waals surface area contributed by atoms with Crippen molar-refractivity contribution in [2.75, 3.05) is 18.0 Å². The van der Waals surface area contributed by atoms with Gasteiger partial charge in [-0.15, -0.1) is 0 Å². The average molecular weight is 251 g/mol. The van der Waals surface area contributed by atoms with E-state index in [2.05, 4.69) is 42.6 Å². The third-order valence-electron chi connectivity index (χ3n) is 3.16. The summed E-state index contributed by atoms with van der Waals surface area (Å²) in [5.74, 6) is 0. The third-order valence-corrected chi connectivity index (χ3v) is 4.39. The zero-order valence-electron chi connectivity index (χ0n) is 10.8. The van der Waals surface area contributed by atoms with E-state index in [0.717, 1.165) is 18.7 Å². The van der Waals surface area contributed by atoms with E-state index in [4.69, 9.17) is 0 Å². The van der Waals surface area contributed by atoms with E-state index in [9.17, 15) is 5.11 Å². The van der Waals surface area contributed by atoms with Gasteiger partial charge in [0.25, 0.3) is 0 Å². The summed E-state index contributed by atoms with van der Waals surface area (Å²) in [7, 11) is 0. The van der Waals surface area contributed by atoms with E-state index < -0.39 is 0 Å². The molecule has 0 aliphatic carbocycles. The molecule has 0 amide bonds. The standard InChI is InChI=1S/C14H21NOS/c1-10-8-15(9-11(2)17-10)14-6-4-13(5-7-14)12(3)16/h4-7,10-12,16H,8-9H2,1-3H3/t10?,11?,12-/m0/s1. The quantitative estimate of drug-likeness (QED) is 0.874. The molecule has 1 aliphatic rings. The van der Waals surface area contributed by atoms with Gasteiger partial charge in [0.2, 0.25) is 0 Å². The van der Waals surface area contributed by atoms with Crippen LogP contribution in [-0.4, -0.2) is 28.7 Å². The first-order valence-corrected chi connectivity index (χ1v) is 7.19. The molecule has 2 rings (SSSR count). The largest absolute Gasteiger partial charge is 0.389 e. The minimum absolute atomic E-state index is 0.376. The fourth-order valence-electron chi connectivity index (χ4n) is 2.35. The number of thioether (sulfide) groups is 1. The summed E-state index contributed by atoms with van der Waals surface area (Å²) in [5, 5.41) is 10.9. The van der Waals surface area contributed by atoms with E-state index >= 15 is 0 Å². The predicted molar refractivity (Wildman–Crippen MR) is 75.8 cm³/mol. The maximum Gasteiger partial charge on any atom is 0.0761 e. The fourth-order valence-corrected chi connectivity index (χ4v) is 3.68. The molecule has 1 aromatic carbocycles. The lowest BCUT2D eigenvalue weighted by Crippen LogP contribution is -2.40. The van der Waals surface area contributed by atoms with E-state index in [1.807, 2.05) is 12.1 Å². The van der Waals surface area contributed by atoms with Gasteiger partial charge in [0.05, 0.1) is 6.10 Å². The summed E-state index contributed by atoms with van der Waals surface area (Å²) < 4.78 is 0. The Morgan fingerprint density at radius 2 is 1.71 bits per heavy atom. The van der Waals surface area contributed by atoms with Crippen molar-refractivity contribution in [2.24, 2.45) is 0 Å². The van der Waals surface area contributed by atoms with Crippen LogP contribution in [0.5, 0.6) is 0 Å². The first-order valence-electron chi connectivity index (χ1n) is 6.24. The molecule has 0 radical (unpaired) electrons. The molecule has 0 bridgehead atoms. The molecular formula is C14H21NOS. The van der Waals surface area contributed by atoms with E-state index in [0.29, 0.717) is 10.5 Å². The first-order chi connectivity index (χ1) is 8.06. The average Bonchev–Trinajstić information content (AvgIpc) is 2.28. The second-order valence-corrected chi connectivity index (χ2v) is 6.81. The van der Waals surface area contributed by atoms with Crippen molar-refractivity contribution in [3.63, 3.8) is 0 Å². The van der Waals surface area contributed by atoms with Gasteiger partial charge in [0, 0.05) is 29.3 Å². The number of aliphatic hydroxyl groups is 1. The minimum Gasteiger partial charge on any atom is -0.389 e. The number of rotatable bonds is 2. The maximum atomic E-state index is 9.49. The Morgan fingerprint density at radius 3 is 2.18 bits per heavy atom. The molecule has 1 aromatic rings. The molecule has 2 unspecified atom stereocenters. The highest BCUT2D eigenvalue weighted by molar-refractivity contribution is 8.00. The zero-order chi connectivity index (χ0) is 12.4. The van der Waals surface area contributed by atoms with Gasteiger partial charge in [-0.1, -0.05) is 26.0 Å². The molecule has 1 fully saturated rings. The van der Waals surface area contributed by atoms with Crippen molar-refractivity contribution in [3.8, 4) is 0 Å². The molecule has 3 atom stereocenters. The number of anilines is 1. The molecule has 1 saturated heterocycles. The minimum atomic E-state index is -0.376. The van der Waals surface area contributed by atoms with Crippen molar-refractivity contribution in [3.05, 3.63) is 29.8 Å². The summed E-state index contributed by atoms with van der Waals surface area (Å²) >= 11 is 2.07. The SMILES string of the molecule is CC1CN(c2ccc([C@H](C)O)cc2)CC(C)S1. The van der Waals surface area contributed by atoms with Gasteiger partial charge in [0.1, 0.15) is 0 Å². The molecule has 1 N–H and O–H groups in total. The Labute approximate surface area is 108 Å². The molecule has 1 aliphatic heterocycles. The highest BCUT2D eigenvalue weighted by atomic mass is 32.2. The van der Waals surface area contributed by atoms with Crippen LogP contribution in [0, 0.1) is 0 Å². The van der Waals surface area contributed by atoms with Gasteiger partial charge in [0.15, 0.2) is 0 Å². The normalized spacial score (nSPS) is 26.9. The Hall–Kier alpha value is -0.670. The summed E-state index contributed by atoms with van der Waals surface area (Å²) in [6, 6.07) is 8.29. The van der Waals surface area contributed by atoms with Crippen LogP contribution in [0.4, 0.5) is 5.69 Å². The first kappa shape index (κ1) is 12.8. The van der Waals surface area contributed by atoms with Crippen LogP contribution in [0.2, 0.25) is 0 Å². The molecule has 3 heteroatoms. The lowest BCUT2D eigenvalue weighted by molar-refractivity contribution is 0.199. The van der Waals surface area contributed by atoms with Crippen LogP contribution < -0.4 is 4.90 Å². The Morgan fingerprint density at radius 1 is 1.18 bits per heavy atom. The van der Waals surface area contributed by atoms with Crippen LogP contribution in [0.1, 0.15) is 32.4 Å². The number of hydrogen-bond acceptors (Lipinski definition) is 3. The fraction of sp³-hybridized carbons (Fsp3) is 0.571. The second kappa shape index (κ2) is 5.32. The Kier molecular flexibility index (Phi) is 4.00. The number of hydrogen-bond donors (Lipinski definition) is 1. The molecule has 1 heterocycles. The van der Waals surface area contributed by atoms with Crippen LogP contribution >= 0.6 is 11.8 Å².